The molecule has 2 aromatic heterocycles. The molecular weight excluding hydrogens is 404 g/mol. The summed E-state index contributed by atoms with van der Waals surface area (Å²) in [4.78, 5) is 13.6. The van der Waals surface area contributed by atoms with Gasteiger partial charge in [0.2, 0.25) is 0 Å². The van der Waals surface area contributed by atoms with Crippen LogP contribution in [0.25, 0.3) is 21.3 Å². The van der Waals surface area contributed by atoms with Gasteiger partial charge in [0.15, 0.2) is 0 Å². The van der Waals surface area contributed by atoms with E-state index in [-0.39, 0.29) is 0 Å². The second-order valence-electron chi connectivity index (χ2n) is 8.76. The van der Waals surface area contributed by atoms with Gasteiger partial charge in [-0.3, -0.25) is 4.90 Å². The van der Waals surface area contributed by atoms with Crippen molar-refractivity contribution in [1.29, 1.82) is 0 Å². The van der Waals surface area contributed by atoms with Crippen LogP contribution in [0.4, 0.5) is 5.82 Å². The Morgan fingerprint density at radius 2 is 1.71 bits per heavy atom. The zero-order valence-corrected chi connectivity index (χ0v) is 19.0. The van der Waals surface area contributed by atoms with Crippen LogP contribution < -0.4 is 5.32 Å². The summed E-state index contributed by atoms with van der Waals surface area (Å²) < 4.78 is 5.51. The van der Waals surface area contributed by atoms with Crippen molar-refractivity contribution in [2.75, 3.05) is 31.6 Å². The van der Waals surface area contributed by atoms with Crippen molar-refractivity contribution in [1.82, 2.24) is 14.9 Å². The van der Waals surface area contributed by atoms with Gasteiger partial charge in [-0.25, -0.2) is 9.97 Å². The van der Waals surface area contributed by atoms with Crippen molar-refractivity contribution in [3.63, 3.8) is 0 Å². The van der Waals surface area contributed by atoms with E-state index in [0.717, 1.165) is 49.3 Å². The molecule has 1 N–H and O–H groups in total. The largest absolute Gasteiger partial charge is 0.379 e. The van der Waals surface area contributed by atoms with Crippen LogP contribution in [0.1, 0.15) is 50.8 Å². The van der Waals surface area contributed by atoms with Gasteiger partial charge in [-0.1, -0.05) is 62.4 Å². The van der Waals surface area contributed by atoms with E-state index in [1.165, 1.54) is 61.5 Å². The average Bonchev–Trinajstić information content (AvgIpc) is 3.21. The molecule has 0 unspecified atom stereocenters. The van der Waals surface area contributed by atoms with Crippen LogP contribution in [0.2, 0.25) is 0 Å². The second kappa shape index (κ2) is 10.1. The molecule has 164 valence electrons. The number of thiophene rings is 1. The maximum atomic E-state index is 5.51. The lowest BCUT2D eigenvalue weighted by atomic mass is 9.96. The first-order chi connectivity index (χ1) is 15.4. The van der Waals surface area contributed by atoms with Gasteiger partial charge in [-0.05, 0) is 18.4 Å². The normalized spacial score (nSPS) is 19.2. The van der Waals surface area contributed by atoms with Crippen molar-refractivity contribution in [2.45, 2.75) is 57.5 Å². The molecular formula is C25H32N4OS. The molecule has 3 heterocycles. The van der Waals surface area contributed by atoms with Gasteiger partial charge in [0.1, 0.15) is 16.5 Å². The lowest BCUT2D eigenvalue weighted by Gasteiger charge is -2.26. The molecule has 1 saturated heterocycles. The van der Waals surface area contributed by atoms with Crippen molar-refractivity contribution in [3.8, 4) is 11.1 Å². The SMILES string of the molecule is c1ccc(-c2csc3nc(CN4CCOCC4)nc(NC4CCCCCCC4)c23)cc1. The minimum atomic E-state index is 0.498. The average molecular weight is 437 g/mol. The summed E-state index contributed by atoms with van der Waals surface area (Å²) in [5.41, 5.74) is 2.48. The minimum absolute atomic E-state index is 0.498. The van der Waals surface area contributed by atoms with E-state index in [4.69, 9.17) is 14.7 Å². The molecule has 0 amide bonds. The van der Waals surface area contributed by atoms with Gasteiger partial charge < -0.3 is 10.1 Å². The molecule has 2 aliphatic rings. The van der Waals surface area contributed by atoms with Crippen LogP contribution in [0.15, 0.2) is 35.7 Å². The van der Waals surface area contributed by atoms with E-state index < -0.39 is 0 Å². The second-order valence-corrected chi connectivity index (χ2v) is 9.62. The molecule has 6 heteroatoms. The lowest BCUT2D eigenvalue weighted by Crippen LogP contribution is -2.36. The van der Waals surface area contributed by atoms with Crippen molar-refractivity contribution < 1.29 is 4.74 Å². The Balaban J connectivity index is 1.50. The number of rotatable bonds is 5. The Bertz CT molecular complexity index is 976. The number of nitrogens with zero attached hydrogens (tertiary/aromatic N) is 3. The predicted octanol–water partition coefficient (Wildman–Crippen LogP) is 5.72. The van der Waals surface area contributed by atoms with E-state index in [2.05, 4.69) is 45.9 Å². The van der Waals surface area contributed by atoms with E-state index in [1.54, 1.807) is 11.3 Å². The van der Waals surface area contributed by atoms with Crippen LogP contribution in [0, 0.1) is 0 Å². The summed E-state index contributed by atoms with van der Waals surface area (Å²) in [6, 6.07) is 11.1. The Labute approximate surface area is 188 Å². The number of anilines is 1. The monoisotopic (exact) mass is 436 g/mol. The number of hydrogen-bond acceptors (Lipinski definition) is 6. The molecule has 0 atom stereocenters. The molecule has 0 bridgehead atoms. The van der Waals surface area contributed by atoms with Gasteiger partial charge >= 0.3 is 0 Å². The van der Waals surface area contributed by atoms with Crippen molar-refractivity contribution >= 4 is 27.4 Å². The molecule has 5 rings (SSSR count). The van der Waals surface area contributed by atoms with Crippen molar-refractivity contribution in [2.24, 2.45) is 0 Å². The highest BCUT2D eigenvalue weighted by atomic mass is 32.1. The number of ether oxygens (including phenoxy) is 1. The fourth-order valence-electron chi connectivity index (χ4n) is 4.74. The minimum Gasteiger partial charge on any atom is -0.379 e. The van der Waals surface area contributed by atoms with Crippen molar-refractivity contribution in [3.05, 3.63) is 41.5 Å². The summed E-state index contributed by atoms with van der Waals surface area (Å²) in [5.74, 6) is 1.95. The highest BCUT2D eigenvalue weighted by Gasteiger charge is 2.20. The number of benzene rings is 1. The molecule has 0 radical (unpaired) electrons. The summed E-state index contributed by atoms with van der Waals surface area (Å²) in [5, 5.41) is 7.31. The molecule has 1 aliphatic carbocycles. The molecule has 0 spiro atoms. The maximum absolute atomic E-state index is 5.51. The first-order valence-electron chi connectivity index (χ1n) is 11.8. The fourth-order valence-corrected chi connectivity index (χ4v) is 5.71. The van der Waals surface area contributed by atoms with Gasteiger partial charge in [-0.15, -0.1) is 11.3 Å². The van der Waals surface area contributed by atoms with Gasteiger partial charge in [0.25, 0.3) is 0 Å². The summed E-state index contributed by atoms with van der Waals surface area (Å²) in [6.07, 6.45) is 9.17. The van der Waals surface area contributed by atoms with Crippen LogP contribution in [-0.4, -0.2) is 47.2 Å². The smallest absolute Gasteiger partial charge is 0.146 e. The molecule has 2 fully saturated rings. The Morgan fingerprint density at radius 3 is 2.48 bits per heavy atom. The third kappa shape index (κ3) is 5.08. The van der Waals surface area contributed by atoms with E-state index >= 15 is 0 Å². The lowest BCUT2D eigenvalue weighted by molar-refractivity contribution is 0.0331. The number of nitrogens with one attached hydrogen (secondary N) is 1. The standard InChI is InChI=1S/C25H32N4OS/c1-2-7-11-20(12-8-3-1)26-24-23-21(19-9-5-4-6-10-19)18-31-25(23)28-22(27-24)17-29-13-15-30-16-14-29/h4-6,9-10,18,20H,1-3,7-8,11-17H2,(H,26,27,28). The Kier molecular flexibility index (Phi) is 6.77. The van der Waals surface area contributed by atoms with E-state index in [9.17, 15) is 0 Å². The molecule has 1 aromatic carbocycles. The van der Waals surface area contributed by atoms with Gasteiger partial charge in [0, 0.05) is 30.1 Å². The number of hydrogen-bond donors (Lipinski definition) is 1. The number of morpholine rings is 1. The molecule has 1 aliphatic heterocycles. The maximum Gasteiger partial charge on any atom is 0.146 e. The fraction of sp³-hybridized carbons (Fsp3) is 0.520. The topological polar surface area (TPSA) is 50.3 Å². The third-order valence-electron chi connectivity index (χ3n) is 6.48. The first kappa shape index (κ1) is 20.9. The van der Waals surface area contributed by atoms with Gasteiger partial charge in [0.05, 0.1) is 25.1 Å². The highest BCUT2D eigenvalue weighted by Crippen LogP contribution is 2.37. The molecule has 5 nitrogen and oxygen atoms in total. The van der Waals surface area contributed by atoms with E-state index in [0.29, 0.717) is 6.04 Å². The predicted molar refractivity (Wildman–Crippen MR) is 129 cm³/mol. The Hall–Kier alpha value is -2.02. The van der Waals surface area contributed by atoms with Crippen LogP contribution in [0.3, 0.4) is 0 Å². The first-order valence-corrected chi connectivity index (χ1v) is 12.6. The number of fused-ring (bicyclic) bond motifs is 1. The van der Waals surface area contributed by atoms with Crippen LogP contribution in [-0.2, 0) is 11.3 Å². The highest BCUT2D eigenvalue weighted by molar-refractivity contribution is 7.17. The summed E-state index contributed by atoms with van der Waals surface area (Å²) >= 11 is 1.73. The zero-order valence-electron chi connectivity index (χ0n) is 18.2. The third-order valence-corrected chi connectivity index (χ3v) is 7.35. The van der Waals surface area contributed by atoms with E-state index in [1.807, 2.05) is 0 Å². The summed E-state index contributed by atoms with van der Waals surface area (Å²) in [7, 11) is 0. The molecule has 31 heavy (non-hydrogen) atoms. The van der Waals surface area contributed by atoms with Gasteiger partial charge in [-0.2, -0.15) is 0 Å². The summed E-state index contributed by atoms with van der Waals surface area (Å²) in [6.45, 7) is 4.29. The molecule has 3 aromatic rings. The Morgan fingerprint density at radius 1 is 0.968 bits per heavy atom. The quantitative estimate of drug-likeness (QED) is 0.555. The molecule has 1 saturated carbocycles. The van der Waals surface area contributed by atoms with Crippen LogP contribution >= 0.6 is 11.3 Å². The zero-order chi connectivity index (χ0) is 20.9. The number of aromatic nitrogens is 2. The van der Waals surface area contributed by atoms with Crippen LogP contribution in [0.5, 0.6) is 0 Å².